The molecular formula is C13H7BrCl4N2O. The van der Waals surface area contributed by atoms with Gasteiger partial charge in [0, 0.05) is 10.0 Å². The molecule has 0 aromatic heterocycles. The molecule has 1 amide bonds. The van der Waals surface area contributed by atoms with Gasteiger partial charge in [-0.15, -0.1) is 0 Å². The van der Waals surface area contributed by atoms with Crippen LogP contribution in [0.15, 0.2) is 28.7 Å². The lowest BCUT2D eigenvalue weighted by molar-refractivity contribution is 0.102. The van der Waals surface area contributed by atoms with E-state index in [1.54, 1.807) is 12.1 Å². The zero-order valence-corrected chi connectivity index (χ0v) is 14.8. The highest BCUT2D eigenvalue weighted by molar-refractivity contribution is 9.10. The van der Waals surface area contributed by atoms with E-state index in [2.05, 4.69) is 21.2 Å². The summed E-state index contributed by atoms with van der Waals surface area (Å²) in [5.41, 5.74) is 6.39. The lowest BCUT2D eigenvalue weighted by Gasteiger charge is -2.11. The van der Waals surface area contributed by atoms with E-state index in [1.807, 2.05) is 0 Å². The molecule has 2 aromatic rings. The summed E-state index contributed by atoms with van der Waals surface area (Å²) in [5, 5.41) is 3.61. The zero-order valence-electron chi connectivity index (χ0n) is 10.2. The fraction of sp³-hybridized carbons (Fsp3) is 0. The summed E-state index contributed by atoms with van der Waals surface area (Å²) in [6.07, 6.45) is 0. The molecule has 0 radical (unpaired) electrons. The van der Waals surface area contributed by atoms with Crippen molar-refractivity contribution >= 4 is 79.6 Å². The number of anilines is 2. The van der Waals surface area contributed by atoms with Crippen molar-refractivity contribution in [2.24, 2.45) is 0 Å². The zero-order chi connectivity index (χ0) is 15.7. The number of hydrogen-bond acceptors (Lipinski definition) is 2. The second-order valence-electron chi connectivity index (χ2n) is 4.05. The molecule has 0 aliphatic heterocycles. The minimum atomic E-state index is -0.454. The van der Waals surface area contributed by atoms with E-state index in [4.69, 9.17) is 52.1 Å². The smallest absolute Gasteiger partial charge is 0.255 e. The SMILES string of the molecule is Nc1c(Cl)cc(C(=O)Nc2c(Cl)cc(Br)cc2Cl)cc1Cl. The Hall–Kier alpha value is -0.650. The molecule has 0 bridgehead atoms. The van der Waals surface area contributed by atoms with E-state index in [9.17, 15) is 4.79 Å². The molecule has 0 heterocycles. The van der Waals surface area contributed by atoms with Gasteiger partial charge in [0.15, 0.2) is 0 Å². The summed E-state index contributed by atoms with van der Waals surface area (Å²) in [6.45, 7) is 0. The maximum atomic E-state index is 12.2. The number of halogens is 5. The van der Waals surface area contributed by atoms with Crippen molar-refractivity contribution in [1.82, 2.24) is 0 Å². The maximum absolute atomic E-state index is 12.2. The van der Waals surface area contributed by atoms with Crippen molar-refractivity contribution in [2.45, 2.75) is 0 Å². The number of nitrogen functional groups attached to an aromatic ring is 1. The van der Waals surface area contributed by atoms with Gasteiger partial charge in [-0.3, -0.25) is 4.79 Å². The van der Waals surface area contributed by atoms with Crippen molar-refractivity contribution in [3.8, 4) is 0 Å². The Bertz CT molecular complexity index is 690. The van der Waals surface area contributed by atoms with Crippen LogP contribution in [0, 0.1) is 0 Å². The fourth-order valence-electron chi connectivity index (χ4n) is 1.56. The molecule has 0 fully saturated rings. The van der Waals surface area contributed by atoms with Gasteiger partial charge in [-0.25, -0.2) is 0 Å². The van der Waals surface area contributed by atoms with Gasteiger partial charge in [0.2, 0.25) is 0 Å². The van der Waals surface area contributed by atoms with Gasteiger partial charge in [0.25, 0.3) is 5.91 Å². The molecule has 8 heteroatoms. The van der Waals surface area contributed by atoms with Gasteiger partial charge < -0.3 is 11.1 Å². The molecule has 21 heavy (non-hydrogen) atoms. The number of nitrogens with two attached hydrogens (primary N) is 1. The van der Waals surface area contributed by atoms with Crippen molar-refractivity contribution in [1.29, 1.82) is 0 Å². The largest absolute Gasteiger partial charge is 0.396 e. The average molecular weight is 429 g/mol. The van der Waals surface area contributed by atoms with Crippen LogP contribution in [0.25, 0.3) is 0 Å². The normalized spacial score (nSPS) is 10.5. The van der Waals surface area contributed by atoms with Gasteiger partial charge in [-0.2, -0.15) is 0 Å². The lowest BCUT2D eigenvalue weighted by atomic mass is 10.2. The minimum Gasteiger partial charge on any atom is -0.396 e. The van der Waals surface area contributed by atoms with Crippen LogP contribution in [0.1, 0.15) is 10.4 Å². The molecule has 0 spiro atoms. The van der Waals surface area contributed by atoms with Gasteiger partial charge in [-0.05, 0) is 24.3 Å². The Morgan fingerprint density at radius 3 is 1.90 bits per heavy atom. The number of rotatable bonds is 2. The summed E-state index contributed by atoms with van der Waals surface area (Å²) >= 11 is 27.2. The molecule has 0 saturated carbocycles. The van der Waals surface area contributed by atoms with Crippen LogP contribution < -0.4 is 11.1 Å². The van der Waals surface area contributed by atoms with Crippen molar-refractivity contribution in [2.75, 3.05) is 11.1 Å². The molecule has 0 aliphatic rings. The first-order valence-electron chi connectivity index (χ1n) is 5.50. The summed E-state index contributed by atoms with van der Waals surface area (Å²) < 4.78 is 0.703. The van der Waals surface area contributed by atoms with Crippen LogP contribution in [0.4, 0.5) is 11.4 Å². The number of amides is 1. The Balaban J connectivity index is 2.35. The van der Waals surface area contributed by atoms with Crippen molar-refractivity contribution in [3.05, 3.63) is 54.4 Å². The van der Waals surface area contributed by atoms with Gasteiger partial charge >= 0.3 is 0 Å². The maximum Gasteiger partial charge on any atom is 0.255 e. The summed E-state index contributed by atoms with van der Waals surface area (Å²) in [5.74, 6) is -0.454. The van der Waals surface area contributed by atoms with E-state index in [-0.39, 0.29) is 21.3 Å². The molecule has 0 aliphatic carbocycles. The van der Waals surface area contributed by atoms with Crippen LogP contribution >= 0.6 is 62.3 Å². The van der Waals surface area contributed by atoms with E-state index in [1.165, 1.54) is 12.1 Å². The Morgan fingerprint density at radius 1 is 0.952 bits per heavy atom. The number of benzene rings is 2. The minimum absolute atomic E-state index is 0.195. The fourth-order valence-corrected chi connectivity index (χ4v) is 3.35. The molecule has 3 N–H and O–H groups in total. The summed E-state index contributed by atoms with van der Waals surface area (Å²) in [6, 6.07) is 6.06. The topological polar surface area (TPSA) is 55.1 Å². The second kappa shape index (κ2) is 6.63. The summed E-state index contributed by atoms with van der Waals surface area (Å²) in [7, 11) is 0. The summed E-state index contributed by atoms with van der Waals surface area (Å²) in [4.78, 5) is 12.2. The van der Waals surface area contributed by atoms with E-state index < -0.39 is 5.91 Å². The number of carbonyl (C=O) groups is 1. The molecule has 0 unspecified atom stereocenters. The molecule has 110 valence electrons. The third-order valence-corrected chi connectivity index (χ3v) is 4.27. The highest BCUT2D eigenvalue weighted by Crippen LogP contribution is 2.35. The molecule has 0 saturated heterocycles. The predicted octanol–water partition coefficient (Wildman–Crippen LogP) is 5.90. The first kappa shape index (κ1) is 16.7. The Morgan fingerprint density at radius 2 is 1.43 bits per heavy atom. The van der Waals surface area contributed by atoms with Gasteiger partial charge in [0.05, 0.1) is 31.5 Å². The van der Waals surface area contributed by atoms with Crippen LogP contribution in [0.3, 0.4) is 0 Å². The van der Waals surface area contributed by atoms with E-state index >= 15 is 0 Å². The molecule has 2 aromatic carbocycles. The van der Waals surface area contributed by atoms with E-state index in [0.29, 0.717) is 20.2 Å². The highest BCUT2D eigenvalue weighted by Gasteiger charge is 2.15. The lowest BCUT2D eigenvalue weighted by Crippen LogP contribution is -2.13. The monoisotopic (exact) mass is 426 g/mol. The van der Waals surface area contributed by atoms with Crippen LogP contribution in [-0.2, 0) is 0 Å². The Labute approximate surface area is 149 Å². The Kier molecular flexibility index (Phi) is 5.28. The molecule has 0 atom stereocenters. The first-order chi connectivity index (χ1) is 9.79. The number of carbonyl (C=O) groups excluding carboxylic acids is 1. The molecular weight excluding hydrogens is 422 g/mol. The van der Waals surface area contributed by atoms with Crippen molar-refractivity contribution < 1.29 is 4.79 Å². The van der Waals surface area contributed by atoms with Crippen LogP contribution in [-0.4, -0.2) is 5.91 Å². The highest BCUT2D eigenvalue weighted by atomic mass is 79.9. The molecule has 2 rings (SSSR count). The number of hydrogen-bond donors (Lipinski definition) is 2. The average Bonchev–Trinajstić information content (AvgIpc) is 2.39. The van der Waals surface area contributed by atoms with Gasteiger partial charge in [-0.1, -0.05) is 62.3 Å². The third-order valence-electron chi connectivity index (χ3n) is 2.59. The number of nitrogens with one attached hydrogen (secondary N) is 1. The van der Waals surface area contributed by atoms with Crippen LogP contribution in [0.2, 0.25) is 20.1 Å². The van der Waals surface area contributed by atoms with Crippen LogP contribution in [0.5, 0.6) is 0 Å². The van der Waals surface area contributed by atoms with Crippen molar-refractivity contribution in [3.63, 3.8) is 0 Å². The predicted molar refractivity (Wildman–Crippen MR) is 93.0 cm³/mol. The molecule has 3 nitrogen and oxygen atoms in total. The first-order valence-corrected chi connectivity index (χ1v) is 7.80. The second-order valence-corrected chi connectivity index (χ2v) is 6.60. The standard InChI is InChI=1S/C13H7BrCl4N2O/c14-6-3-9(17)12(10(18)4-6)20-13(21)5-1-7(15)11(19)8(16)2-5/h1-4H,19H2,(H,20,21). The van der Waals surface area contributed by atoms with Gasteiger partial charge in [0.1, 0.15) is 0 Å². The quantitative estimate of drug-likeness (QED) is 0.585. The van der Waals surface area contributed by atoms with E-state index in [0.717, 1.165) is 0 Å². The third kappa shape index (κ3) is 3.76.